The van der Waals surface area contributed by atoms with E-state index in [0.29, 0.717) is 22.3 Å². The first kappa shape index (κ1) is 16.1. The van der Waals surface area contributed by atoms with Crippen molar-refractivity contribution in [2.45, 2.75) is 19.3 Å². The van der Waals surface area contributed by atoms with Crippen LogP contribution in [0.4, 0.5) is 10.8 Å². The van der Waals surface area contributed by atoms with E-state index < -0.39 is 11.4 Å². The van der Waals surface area contributed by atoms with Crippen LogP contribution < -0.4 is 14.8 Å². The van der Waals surface area contributed by atoms with Gasteiger partial charge in [0.1, 0.15) is 5.41 Å². The lowest BCUT2D eigenvalue weighted by atomic mass is 9.90. The number of aromatic nitrogens is 1. The predicted octanol–water partition coefficient (Wildman–Crippen LogP) is 3.27. The van der Waals surface area contributed by atoms with Gasteiger partial charge in [0.25, 0.3) is 0 Å². The minimum Gasteiger partial charge on any atom is -0.493 e. The van der Waals surface area contributed by atoms with Gasteiger partial charge in [0.05, 0.1) is 19.9 Å². The standard InChI is InChI=1S/C15H18N2O4S/c1-15(2,13(18)19)12-8-22-14(17-12)16-9-5-6-10(20-3)11(7-9)21-4/h5-8H,1-4H3,(H,16,17)(H,18,19). The Labute approximate surface area is 132 Å². The van der Waals surface area contributed by atoms with E-state index in [1.54, 1.807) is 45.6 Å². The van der Waals surface area contributed by atoms with Gasteiger partial charge in [-0.2, -0.15) is 0 Å². The maximum absolute atomic E-state index is 11.3. The first-order valence-electron chi connectivity index (χ1n) is 6.57. The smallest absolute Gasteiger partial charge is 0.315 e. The van der Waals surface area contributed by atoms with Gasteiger partial charge < -0.3 is 19.9 Å². The molecular weight excluding hydrogens is 304 g/mol. The summed E-state index contributed by atoms with van der Waals surface area (Å²) in [5.41, 5.74) is 0.285. The fraction of sp³-hybridized carbons (Fsp3) is 0.333. The Hall–Kier alpha value is -2.28. The summed E-state index contributed by atoms with van der Waals surface area (Å²) in [5, 5.41) is 14.7. The number of aliphatic carboxylic acids is 1. The number of nitrogens with one attached hydrogen (secondary N) is 1. The largest absolute Gasteiger partial charge is 0.493 e. The van der Waals surface area contributed by atoms with Crippen molar-refractivity contribution in [3.63, 3.8) is 0 Å². The van der Waals surface area contributed by atoms with Crippen molar-refractivity contribution >= 4 is 28.1 Å². The normalized spacial score (nSPS) is 11.1. The molecule has 2 aromatic rings. The summed E-state index contributed by atoms with van der Waals surface area (Å²) < 4.78 is 10.4. The zero-order chi connectivity index (χ0) is 16.3. The quantitative estimate of drug-likeness (QED) is 0.849. The van der Waals surface area contributed by atoms with Crippen molar-refractivity contribution < 1.29 is 19.4 Å². The summed E-state index contributed by atoms with van der Waals surface area (Å²) in [5.74, 6) is 0.338. The molecule has 0 aliphatic rings. The van der Waals surface area contributed by atoms with Gasteiger partial charge in [-0.25, -0.2) is 4.98 Å². The number of ether oxygens (including phenoxy) is 2. The molecule has 0 saturated carbocycles. The molecule has 0 radical (unpaired) electrons. The zero-order valence-electron chi connectivity index (χ0n) is 12.8. The highest BCUT2D eigenvalue weighted by Gasteiger charge is 2.32. The van der Waals surface area contributed by atoms with Crippen LogP contribution in [0.2, 0.25) is 0 Å². The second kappa shape index (κ2) is 6.23. The third-order valence-corrected chi connectivity index (χ3v) is 4.07. The molecule has 0 fully saturated rings. The molecular formula is C15H18N2O4S. The van der Waals surface area contributed by atoms with Gasteiger partial charge in [-0.1, -0.05) is 0 Å². The molecule has 22 heavy (non-hydrogen) atoms. The van der Waals surface area contributed by atoms with Gasteiger partial charge >= 0.3 is 5.97 Å². The molecule has 1 heterocycles. The van der Waals surface area contributed by atoms with E-state index in [2.05, 4.69) is 10.3 Å². The SMILES string of the molecule is COc1ccc(Nc2nc(C(C)(C)C(=O)O)cs2)cc1OC. The highest BCUT2D eigenvalue weighted by molar-refractivity contribution is 7.13. The molecule has 0 aliphatic carbocycles. The van der Waals surface area contributed by atoms with E-state index in [4.69, 9.17) is 9.47 Å². The second-order valence-corrected chi connectivity index (χ2v) is 6.02. The molecule has 0 amide bonds. The Balaban J connectivity index is 2.22. The van der Waals surface area contributed by atoms with Gasteiger partial charge in [-0.3, -0.25) is 4.79 Å². The van der Waals surface area contributed by atoms with Crippen molar-refractivity contribution in [3.05, 3.63) is 29.3 Å². The van der Waals surface area contributed by atoms with Crippen LogP contribution in [-0.4, -0.2) is 30.3 Å². The van der Waals surface area contributed by atoms with Crippen molar-refractivity contribution in [2.24, 2.45) is 0 Å². The highest BCUT2D eigenvalue weighted by Crippen LogP contribution is 2.33. The summed E-state index contributed by atoms with van der Waals surface area (Å²) >= 11 is 1.35. The summed E-state index contributed by atoms with van der Waals surface area (Å²) in [7, 11) is 3.14. The monoisotopic (exact) mass is 322 g/mol. The van der Waals surface area contributed by atoms with Gasteiger partial charge in [-0.05, 0) is 26.0 Å². The number of hydrogen-bond donors (Lipinski definition) is 2. The first-order valence-corrected chi connectivity index (χ1v) is 7.45. The van der Waals surface area contributed by atoms with Crippen LogP contribution in [0.25, 0.3) is 0 Å². The second-order valence-electron chi connectivity index (χ2n) is 5.16. The van der Waals surface area contributed by atoms with Crippen molar-refractivity contribution in [3.8, 4) is 11.5 Å². The lowest BCUT2D eigenvalue weighted by molar-refractivity contribution is -0.142. The lowest BCUT2D eigenvalue weighted by Crippen LogP contribution is -2.28. The van der Waals surface area contributed by atoms with E-state index in [1.807, 2.05) is 6.07 Å². The van der Waals surface area contributed by atoms with E-state index in [9.17, 15) is 9.90 Å². The fourth-order valence-corrected chi connectivity index (χ4v) is 2.66. The third-order valence-electron chi connectivity index (χ3n) is 3.31. The van der Waals surface area contributed by atoms with E-state index in [0.717, 1.165) is 5.69 Å². The van der Waals surface area contributed by atoms with Crippen LogP contribution in [0.3, 0.4) is 0 Å². The van der Waals surface area contributed by atoms with Crippen molar-refractivity contribution in [2.75, 3.05) is 19.5 Å². The van der Waals surface area contributed by atoms with Crippen LogP contribution in [0, 0.1) is 0 Å². The molecule has 2 rings (SSSR count). The van der Waals surface area contributed by atoms with Crippen molar-refractivity contribution in [1.29, 1.82) is 0 Å². The lowest BCUT2D eigenvalue weighted by Gasteiger charge is -2.15. The van der Waals surface area contributed by atoms with Gasteiger partial charge in [0.2, 0.25) is 0 Å². The zero-order valence-corrected chi connectivity index (χ0v) is 13.7. The molecule has 0 bridgehead atoms. The minimum atomic E-state index is -1.02. The van der Waals surface area contributed by atoms with E-state index in [1.165, 1.54) is 11.3 Å². The number of anilines is 2. The third kappa shape index (κ3) is 3.14. The van der Waals surface area contributed by atoms with E-state index in [-0.39, 0.29) is 0 Å². The Morgan fingerprint density at radius 2 is 1.95 bits per heavy atom. The molecule has 118 valence electrons. The topological polar surface area (TPSA) is 80.7 Å². The molecule has 0 aliphatic heterocycles. The summed E-state index contributed by atoms with van der Waals surface area (Å²) in [6, 6.07) is 5.42. The maximum Gasteiger partial charge on any atom is 0.315 e. The van der Waals surface area contributed by atoms with Gasteiger partial charge in [0, 0.05) is 17.1 Å². The molecule has 0 atom stereocenters. The number of carboxylic acids is 1. The Bertz CT molecular complexity index is 682. The number of carbonyl (C=O) groups is 1. The molecule has 0 saturated heterocycles. The van der Waals surface area contributed by atoms with Crippen LogP contribution in [0.5, 0.6) is 11.5 Å². The number of rotatable bonds is 6. The number of benzene rings is 1. The van der Waals surface area contributed by atoms with Crippen molar-refractivity contribution in [1.82, 2.24) is 4.98 Å². The summed E-state index contributed by atoms with van der Waals surface area (Å²) in [4.78, 5) is 15.6. The number of carboxylic acid groups (broad SMARTS) is 1. The molecule has 0 unspecified atom stereocenters. The average molecular weight is 322 g/mol. The molecule has 1 aromatic carbocycles. The molecule has 0 spiro atoms. The Morgan fingerprint density at radius 1 is 1.27 bits per heavy atom. The van der Waals surface area contributed by atoms with Crippen LogP contribution in [0.15, 0.2) is 23.6 Å². The predicted molar refractivity (Wildman–Crippen MR) is 85.6 cm³/mol. The number of hydrogen-bond acceptors (Lipinski definition) is 6. The van der Waals surface area contributed by atoms with Gasteiger partial charge in [-0.15, -0.1) is 11.3 Å². The average Bonchev–Trinajstić information content (AvgIpc) is 2.96. The molecule has 6 nitrogen and oxygen atoms in total. The number of thiazole rings is 1. The molecule has 1 aromatic heterocycles. The maximum atomic E-state index is 11.3. The summed E-state index contributed by atoms with van der Waals surface area (Å²) in [6.07, 6.45) is 0. The number of nitrogens with zero attached hydrogens (tertiary/aromatic N) is 1. The molecule has 7 heteroatoms. The Kier molecular flexibility index (Phi) is 4.56. The van der Waals surface area contributed by atoms with Gasteiger partial charge in [0.15, 0.2) is 16.6 Å². The van der Waals surface area contributed by atoms with Crippen LogP contribution in [-0.2, 0) is 10.2 Å². The van der Waals surface area contributed by atoms with Crippen LogP contribution >= 0.6 is 11.3 Å². The molecule has 2 N–H and O–H groups in total. The highest BCUT2D eigenvalue weighted by atomic mass is 32.1. The number of methoxy groups -OCH3 is 2. The minimum absolute atomic E-state index is 0.521. The fourth-order valence-electron chi connectivity index (χ4n) is 1.77. The Morgan fingerprint density at radius 3 is 2.55 bits per heavy atom. The van der Waals surface area contributed by atoms with Crippen LogP contribution in [0.1, 0.15) is 19.5 Å². The first-order chi connectivity index (χ1) is 10.4. The summed E-state index contributed by atoms with van der Waals surface area (Å²) in [6.45, 7) is 3.26. The van der Waals surface area contributed by atoms with E-state index >= 15 is 0 Å².